The highest BCUT2D eigenvalue weighted by Crippen LogP contribution is 2.27. The first kappa shape index (κ1) is 15.7. The number of halogens is 2. The van der Waals surface area contributed by atoms with E-state index in [0.717, 1.165) is 4.90 Å². The molecule has 0 aliphatic heterocycles. The van der Waals surface area contributed by atoms with E-state index < -0.39 is 5.82 Å². The van der Waals surface area contributed by atoms with Crippen molar-refractivity contribution < 1.29 is 13.6 Å². The standard InChI is InChI=1S/C15H11F2N3OS2/c16-9-4-6-10(7-5-9)22-8-13(21)19-20-15-18-14-11(17)2-1-3-12(14)23-15/h1-7H,8H2,(H,18,20)(H,19,21). The predicted molar refractivity (Wildman–Crippen MR) is 88.5 cm³/mol. The van der Waals surface area contributed by atoms with Crippen molar-refractivity contribution in [2.75, 3.05) is 11.2 Å². The Morgan fingerprint density at radius 1 is 1.17 bits per heavy atom. The van der Waals surface area contributed by atoms with Gasteiger partial charge in [0.2, 0.25) is 11.0 Å². The lowest BCUT2D eigenvalue weighted by Crippen LogP contribution is -2.30. The zero-order chi connectivity index (χ0) is 16.2. The van der Waals surface area contributed by atoms with Crippen molar-refractivity contribution in [2.45, 2.75) is 4.90 Å². The van der Waals surface area contributed by atoms with Gasteiger partial charge in [-0.05, 0) is 36.4 Å². The van der Waals surface area contributed by atoms with Crippen LogP contribution in [0.2, 0.25) is 0 Å². The molecule has 0 radical (unpaired) electrons. The first-order chi connectivity index (χ1) is 11.1. The van der Waals surface area contributed by atoms with Crippen LogP contribution in [0.3, 0.4) is 0 Å². The van der Waals surface area contributed by atoms with E-state index in [1.54, 1.807) is 24.3 Å². The van der Waals surface area contributed by atoms with Crippen LogP contribution in [0.4, 0.5) is 13.9 Å². The number of nitrogens with zero attached hydrogens (tertiary/aromatic N) is 1. The molecular formula is C15H11F2N3OS2. The number of thiazole rings is 1. The number of carbonyl (C=O) groups is 1. The Hall–Kier alpha value is -2.19. The number of fused-ring (bicyclic) bond motifs is 1. The lowest BCUT2D eigenvalue weighted by atomic mass is 10.3. The van der Waals surface area contributed by atoms with Gasteiger partial charge < -0.3 is 0 Å². The first-order valence-corrected chi connectivity index (χ1v) is 8.40. The van der Waals surface area contributed by atoms with Crippen molar-refractivity contribution in [1.82, 2.24) is 10.4 Å². The van der Waals surface area contributed by atoms with Gasteiger partial charge in [0.25, 0.3) is 0 Å². The molecule has 1 amide bonds. The van der Waals surface area contributed by atoms with E-state index >= 15 is 0 Å². The molecule has 23 heavy (non-hydrogen) atoms. The SMILES string of the molecule is O=C(CSc1ccc(F)cc1)NNc1nc2c(F)cccc2s1. The number of amides is 1. The number of hydrogen-bond acceptors (Lipinski definition) is 5. The summed E-state index contributed by atoms with van der Waals surface area (Å²) in [6, 6.07) is 10.6. The number of benzene rings is 2. The fraction of sp³-hybridized carbons (Fsp3) is 0.0667. The van der Waals surface area contributed by atoms with Gasteiger partial charge in [0.05, 0.1) is 10.5 Å². The zero-order valence-electron chi connectivity index (χ0n) is 11.7. The molecule has 0 aliphatic carbocycles. The van der Waals surface area contributed by atoms with Gasteiger partial charge in [-0.2, -0.15) is 0 Å². The summed E-state index contributed by atoms with van der Waals surface area (Å²) >= 11 is 2.53. The molecule has 0 bridgehead atoms. The summed E-state index contributed by atoms with van der Waals surface area (Å²) in [7, 11) is 0. The topological polar surface area (TPSA) is 54.0 Å². The minimum absolute atomic E-state index is 0.165. The molecule has 2 aromatic carbocycles. The van der Waals surface area contributed by atoms with Crippen LogP contribution >= 0.6 is 23.1 Å². The molecule has 0 saturated carbocycles. The summed E-state index contributed by atoms with van der Waals surface area (Å²) in [5.41, 5.74) is 5.45. The summed E-state index contributed by atoms with van der Waals surface area (Å²) in [4.78, 5) is 16.6. The Kier molecular flexibility index (Phi) is 4.73. The van der Waals surface area contributed by atoms with E-state index in [1.165, 1.54) is 41.3 Å². The second kappa shape index (κ2) is 6.93. The monoisotopic (exact) mass is 351 g/mol. The summed E-state index contributed by atoms with van der Waals surface area (Å²) in [6.45, 7) is 0. The van der Waals surface area contributed by atoms with Crippen LogP contribution < -0.4 is 10.9 Å². The number of hydrogen-bond donors (Lipinski definition) is 2. The Labute approximate surface area is 138 Å². The average Bonchev–Trinajstić information content (AvgIpc) is 2.97. The van der Waals surface area contributed by atoms with Crippen LogP contribution in [0.25, 0.3) is 10.2 Å². The zero-order valence-corrected chi connectivity index (χ0v) is 13.3. The quantitative estimate of drug-likeness (QED) is 0.542. The lowest BCUT2D eigenvalue weighted by Gasteiger charge is -2.05. The summed E-state index contributed by atoms with van der Waals surface area (Å²) in [6.07, 6.45) is 0. The summed E-state index contributed by atoms with van der Waals surface area (Å²) in [5.74, 6) is -0.815. The molecule has 3 aromatic rings. The third-order valence-corrected chi connectivity index (χ3v) is 4.81. The number of rotatable bonds is 5. The Morgan fingerprint density at radius 2 is 1.96 bits per heavy atom. The highest BCUT2D eigenvalue weighted by Gasteiger charge is 2.09. The maximum atomic E-state index is 13.5. The van der Waals surface area contributed by atoms with Crippen molar-refractivity contribution in [3.8, 4) is 0 Å². The molecule has 118 valence electrons. The molecule has 0 aliphatic rings. The molecule has 0 atom stereocenters. The Balaban J connectivity index is 1.53. The highest BCUT2D eigenvalue weighted by molar-refractivity contribution is 8.00. The van der Waals surface area contributed by atoms with Crippen LogP contribution in [-0.4, -0.2) is 16.6 Å². The normalized spacial score (nSPS) is 10.7. The molecule has 3 rings (SSSR count). The predicted octanol–water partition coefficient (Wildman–Crippen LogP) is 3.81. The molecule has 1 heterocycles. The number of nitrogens with one attached hydrogen (secondary N) is 2. The first-order valence-electron chi connectivity index (χ1n) is 6.60. The van der Waals surface area contributed by atoms with Crippen LogP contribution in [-0.2, 0) is 4.79 Å². The van der Waals surface area contributed by atoms with E-state index in [4.69, 9.17) is 0 Å². The minimum atomic E-state index is -0.398. The average molecular weight is 351 g/mol. The van der Waals surface area contributed by atoms with Gasteiger partial charge in [-0.15, -0.1) is 11.8 Å². The summed E-state index contributed by atoms with van der Waals surface area (Å²) < 4.78 is 27.0. The maximum absolute atomic E-state index is 13.5. The minimum Gasteiger partial charge on any atom is -0.273 e. The number of para-hydroxylation sites is 1. The van der Waals surface area contributed by atoms with Gasteiger partial charge in [0.15, 0.2) is 0 Å². The van der Waals surface area contributed by atoms with E-state index in [0.29, 0.717) is 9.83 Å². The van der Waals surface area contributed by atoms with Gasteiger partial charge in [-0.1, -0.05) is 17.4 Å². The Bertz CT molecular complexity index is 836. The van der Waals surface area contributed by atoms with Crippen LogP contribution in [0.5, 0.6) is 0 Å². The third-order valence-electron chi connectivity index (χ3n) is 2.86. The molecule has 8 heteroatoms. The molecule has 2 N–H and O–H groups in total. The van der Waals surface area contributed by atoms with Crippen molar-refractivity contribution in [2.24, 2.45) is 0 Å². The summed E-state index contributed by atoms with van der Waals surface area (Å²) in [5, 5.41) is 0.408. The molecule has 0 fully saturated rings. The largest absolute Gasteiger partial charge is 0.273 e. The number of aromatic nitrogens is 1. The van der Waals surface area contributed by atoms with Gasteiger partial charge in [-0.25, -0.2) is 13.8 Å². The molecule has 0 spiro atoms. The second-order valence-electron chi connectivity index (χ2n) is 4.52. The number of hydrazine groups is 1. The number of thioether (sulfide) groups is 1. The van der Waals surface area contributed by atoms with Gasteiger partial charge >= 0.3 is 0 Å². The van der Waals surface area contributed by atoms with Gasteiger partial charge in [0, 0.05) is 4.90 Å². The fourth-order valence-electron chi connectivity index (χ4n) is 1.81. The Morgan fingerprint density at radius 3 is 2.70 bits per heavy atom. The maximum Gasteiger partial charge on any atom is 0.248 e. The molecule has 1 aromatic heterocycles. The number of anilines is 1. The van der Waals surface area contributed by atoms with Crippen LogP contribution in [0, 0.1) is 11.6 Å². The smallest absolute Gasteiger partial charge is 0.248 e. The van der Waals surface area contributed by atoms with E-state index in [9.17, 15) is 13.6 Å². The van der Waals surface area contributed by atoms with Crippen molar-refractivity contribution in [3.05, 3.63) is 54.1 Å². The van der Waals surface area contributed by atoms with Crippen molar-refractivity contribution in [1.29, 1.82) is 0 Å². The molecule has 4 nitrogen and oxygen atoms in total. The van der Waals surface area contributed by atoms with Crippen molar-refractivity contribution >= 4 is 44.4 Å². The van der Waals surface area contributed by atoms with Crippen LogP contribution in [0.1, 0.15) is 0 Å². The van der Waals surface area contributed by atoms with Gasteiger partial charge in [0.1, 0.15) is 17.2 Å². The van der Waals surface area contributed by atoms with E-state index in [1.807, 2.05) is 0 Å². The number of carbonyl (C=O) groups excluding carboxylic acids is 1. The molecular weight excluding hydrogens is 340 g/mol. The van der Waals surface area contributed by atoms with Gasteiger partial charge in [-0.3, -0.25) is 15.6 Å². The van der Waals surface area contributed by atoms with E-state index in [2.05, 4.69) is 15.8 Å². The van der Waals surface area contributed by atoms with Crippen molar-refractivity contribution in [3.63, 3.8) is 0 Å². The van der Waals surface area contributed by atoms with E-state index in [-0.39, 0.29) is 23.0 Å². The molecule has 0 unspecified atom stereocenters. The highest BCUT2D eigenvalue weighted by atomic mass is 32.2. The van der Waals surface area contributed by atoms with Crippen LogP contribution in [0.15, 0.2) is 47.4 Å². The lowest BCUT2D eigenvalue weighted by molar-refractivity contribution is -0.118. The molecule has 0 saturated heterocycles. The third kappa shape index (κ3) is 3.96. The second-order valence-corrected chi connectivity index (χ2v) is 6.60. The fourth-order valence-corrected chi connectivity index (χ4v) is 3.34.